The summed E-state index contributed by atoms with van der Waals surface area (Å²) in [5, 5.41) is 0. The summed E-state index contributed by atoms with van der Waals surface area (Å²) in [6.45, 7) is 0. The fourth-order valence-corrected chi connectivity index (χ4v) is 3.13. The standard InChI is InChI=1S/C24H27N3.Mo.H2O.H3P.W/c1-25-21-12-6-18(7-13-21)24(19-8-14-22(15-9-19)26(2)3)20-10-16-23(17-11-20)27(4)5;;;;/h6-17H,1-5H3;;1H2;1H3;. The Morgan fingerprint density at radius 1 is 0.677 bits per heavy atom. The summed E-state index contributed by atoms with van der Waals surface area (Å²) in [5.41, 5.74) is 8.22. The van der Waals surface area contributed by atoms with E-state index in [1.54, 1.807) is 0 Å². The molecule has 1 aliphatic carbocycles. The third kappa shape index (κ3) is 7.96. The first kappa shape index (κ1) is 31.9. The van der Waals surface area contributed by atoms with E-state index in [1.165, 1.54) is 33.6 Å². The Balaban J connectivity index is 0. The van der Waals surface area contributed by atoms with E-state index in [-0.39, 0.29) is 57.5 Å². The van der Waals surface area contributed by atoms with Crippen LogP contribution >= 0.6 is 9.90 Å². The second-order valence-corrected chi connectivity index (χ2v) is 7.03. The molecule has 0 spiro atoms. The van der Waals surface area contributed by atoms with Crippen molar-refractivity contribution in [2.24, 2.45) is 4.99 Å². The predicted molar refractivity (Wildman–Crippen MR) is 134 cm³/mol. The first-order valence-electron chi connectivity index (χ1n) is 9.12. The Bertz CT molecular complexity index is 863. The van der Waals surface area contributed by atoms with Crippen molar-refractivity contribution in [3.05, 3.63) is 89.5 Å². The van der Waals surface area contributed by atoms with Gasteiger partial charge in [-0.05, 0) is 58.7 Å². The molecule has 0 bridgehead atoms. The number of rotatable bonds is 4. The molecule has 7 heteroatoms. The molecule has 0 aliphatic heterocycles. The zero-order chi connectivity index (χ0) is 19.4. The van der Waals surface area contributed by atoms with E-state index in [9.17, 15) is 0 Å². The molecule has 31 heavy (non-hydrogen) atoms. The van der Waals surface area contributed by atoms with Gasteiger partial charge in [0.05, 0.1) is 5.71 Å². The largest absolute Gasteiger partial charge is 0.412 e. The smallest absolute Gasteiger partial charge is 0.0571 e. The fourth-order valence-electron chi connectivity index (χ4n) is 3.13. The van der Waals surface area contributed by atoms with E-state index >= 15 is 0 Å². The molecule has 166 valence electrons. The maximum absolute atomic E-state index is 4.26. The molecule has 0 heterocycles. The van der Waals surface area contributed by atoms with Crippen LogP contribution in [-0.4, -0.2) is 46.4 Å². The van der Waals surface area contributed by atoms with Crippen molar-refractivity contribution in [3.8, 4) is 0 Å². The second kappa shape index (κ2) is 14.7. The topological polar surface area (TPSA) is 50.3 Å². The van der Waals surface area contributed by atoms with Crippen molar-refractivity contribution in [3.63, 3.8) is 0 Å². The Hall–Kier alpha value is -1.30. The maximum Gasteiger partial charge on any atom is 0.0571 e. The van der Waals surface area contributed by atoms with Gasteiger partial charge in [-0.25, -0.2) is 0 Å². The zero-order valence-electron chi connectivity index (χ0n) is 18.8. The SMILES string of the molecule is CN=C1C=CC(=C(c2ccc(N(C)C)cc2)c2ccc(N(C)C)cc2)C=C1.O.P.[Mo].[W]. The van der Waals surface area contributed by atoms with E-state index in [0.717, 1.165) is 5.71 Å². The molecule has 0 aromatic heterocycles. The number of allylic oxidation sites excluding steroid dienone is 5. The summed E-state index contributed by atoms with van der Waals surface area (Å²) < 4.78 is 0. The number of anilines is 2. The summed E-state index contributed by atoms with van der Waals surface area (Å²) in [4.78, 5) is 8.49. The van der Waals surface area contributed by atoms with Crippen molar-refractivity contribution >= 4 is 32.6 Å². The van der Waals surface area contributed by atoms with Crippen molar-refractivity contribution in [1.82, 2.24) is 0 Å². The summed E-state index contributed by atoms with van der Waals surface area (Å²) in [7, 11) is 10.1. The number of hydrogen-bond acceptors (Lipinski definition) is 3. The van der Waals surface area contributed by atoms with E-state index in [2.05, 4.69) is 116 Å². The Morgan fingerprint density at radius 2 is 1.03 bits per heavy atom. The number of nitrogens with zero attached hydrogens (tertiary/aromatic N) is 3. The van der Waals surface area contributed by atoms with Gasteiger partial charge in [-0.3, -0.25) is 4.99 Å². The third-order valence-corrected chi connectivity index (χ3v) is 4.76. The molecule has 1 atom stereocenters. The summed E-state index contributed by atoms with van der Waals surface area (Å²) in [5.74, 6) is 0. The van der Waals surface area contributed by atoms with E-state index in [1.807, 2.05) is 7.05 Å². The van der Waals surface area contributed by atoms with Crippen LogP contribution in [0.4, 0.5) is 11.4 Å². The average Bonchev–Trinajstić information content (AvgIpc) is 2.69. The predicted octanol–water partition coefficient (Wildman–Crippen LogP) is 4.05. The van der Waals surface area contributed by atoms with Crippen LogP contribution in [-0.2, 0) is 42.1 Å². The molecular formula is C24H32MoN3OPW. The van der Waals surface area contributed by atoms with E-state index in [0.29, 0.717) is 0 Å². The van der Waals surface area contributed by atoms with E-state index in [4.69, 9.17) is 0 Å². The molecule has 0 radical (unpaired) electrons. The van der Waals surface area contributed by atoms with Crippen LogP contribution in [0.5, 0.6) is 0 Å². The van der Waals surface area contributed by atoms with Gasteiger partial charge in [-0.2, -0.15) is 9.90 Å². The van der Waals surface area contributed by atoms with Gasteiger partial charge in [-0.1, -0.05) is 36.4 Å². The van der Waals surface area contributed by atoms with Crippen LogP contribution in [0, 0.1) is 0 Å². The molecule has 2 N–H and O–H groups in total. The normalized spacial score (nSPS) is 11.3. The van der Waals surface area contributed by atoms with Crippen LogP contribution in [0.25, 0.3) is 5.57 Å². The first-order valence-corrected chi connectivity index (χ1v) is 9.12. The number of benzene rings is 2. The molecule has 2 aromatic carbocycles. The average molecular weight is 689 g/mol. The molecule has 2 aromatic rings. The molecular weight excluding hydrogens is 657 g/mol. The minimum atomic E-state index is 0. The van der Waals surface area contributed by atoms with Crippen molar-refractivity contribution in [1.29, 1.82) is 0 Å². The van der Waals surface area contributed by atoms with Gasteiger partial charge in [0.1, 0.15) is 0 Å². The van der Waals surface area contributed by atoms with Crippen molar-refractivity contribution < 1.29 is 47.6 Å². The summed E-state index contributed by atoms with van der Waals surface area (Å²) in [6.07, 6.45) is 8.43. The molecule has 1 aliphatic rings. The monoisotopic (exact) mass is 691 g/mol. The quantitative estimate of drug-likeness (QED) is 0.360. The molecule has 0 saturated carbocycles. The van der Waals surface area contributed by atoms with Gasteiger partial charge in [-0.15, -0.1) is 0 Å². The summed E-state index contributed by atoms with van der Waals surface area (Å²) in [6, 6.07) is 17.5. The molecule has 0 saturated heterocycles. The third-order valence-electron chi connectivity index (χ3n) is 4.76. The van der Waals surface area contributed by atoms with Crippen LogP contribution < -0.4 is 9.80 Å². The molecule has 0 amide bonds. The minimum Gasteiger partial charge on any atom is -0.412 e. The first-order chi connectivity index (χ1) is 13.0. The van der Waals surface area contributed by atoms with E-state index < -0.39 is 0 Å². The van der Waals surface area contributed by atoms with Crippen LogP contribution in [0.15, 0.2) is 83.4 Å². The molecule has 1 unspecified atom stereocenters. The summed E-state index contributed by atoms with van der Waals surface area (Å²) >= 11 is 0. The molecule has 3 rings (SSSR count). The van der Waals surface area contributed by atoms with Crippen molar-refractivity contribution in [2.75, 3.05) is 45.0 Å². The van der Waals surface area contributed by atoms with Gasteiger partial charge >= 0.3 is 0 Å². The van der Waals surface area contributed by atoms with Crippen LogP contribution in [0.2, 0.25) is 0 Å². The molecule has 4 nitrogen and oxygen atoms in total. The maximum atomic E-state index is 4.26. The van der Waals surface area contributed by atoms with Gasteiger partial charge in [0.25, 0.3) is 0 Å². The fraction of sp³-hybridized carbons (Fsp3) is 0.208. The van der Waals surface area contributed by atoms with Gasteiger partial charge in [0, 0.05) is 88.7 Å². The Morgan fingerprint density at radius 3 is 1.32 bits per heavy atom. The number of aliphatic imine (C=N–C) groups is 1. The minimum absolute atomic E-state index is 0. The van der Waals surface area contributed by atoms with Gasteiger partial charge in [0.2, 0.25) is 0 Å². The second-order valence-electron chi connectivity index (χ2n) is 7.03. The van der Waals surface area contributed by atoms with Gasteiger partial charge < -0.3 is 15.3 Å². The van der Waals surface area contributed by atoms with Crippen molar-refractivity contribution in [2.45, 2.75) is 0 Å². The zero-order valence-corrected chi connectivity index (χ0v) is 25.1. The Labute approximate surface area is 218 Å². The van der Waals surface area contributed by atoms with Crippen LogP contribution in [0.3, 0.4) is 0 Å². The van der Waals surface area contributed by atoms with Crippen LogP contribution in [0.1, 0.15) is 11.1 Å². The molecule has 0 fully saturated rings. The van der Waals surface area contributed by atoms with Gasteiger partial charge in [0.15, 0.2) is 0 Å². The number of hydrogen-bond donors (Lipinski definition) is 0. The Kier molecular flexibility index (Phi) is 15.1.